The van der Waals surface area contributed by atoms with E-state index in [2.05, 4.69) is 58.0 Å². The number of benzene rings is 2. The van der Waals surface area contributed by atoms with Crippen molar-refractivity contribution < 1.29 is 9.53 Å². The number of nitrogens with one attached hydrogen (secondary N) is 2. The molecule has 0 spiro atoms. The van der Waals surface area contributed by atoms with E-state index in [0.29, 0.717) is 18.8 Å². The summed E-state index contributed by atoms with van der Waals surface area (Å²) in [4.78, 5) is 18.3. The van der Waals surface area contributed by atoms with Crippen molar-refractivity contribution in [1.82, 2.24) is 25.0 Å². The van der Waals surface area contributed by atoms with E-state index in [4.69, 9.17) is 4.74 Å². The van der Waals surface area contributed by atoms with E-state index in [-0.39, 0.29) is 6.03 Å². The van der Waals surface area contributed by atoms with E-state index in [1.807, 2.05) is 59.4 Å². The van der Waals surface area contributed by atoms with E-state index < -0.39 is 0 Å². The molecule has 2 heterocycles. The van der Waals surface area contributed by atoms with Crippen LogP contribution in [0.15, 0.2) is 85.5 Å². The van der Waals surface area contributed by atoms with E-state index in [9.17, 15) is 4.79 Å². The lowest BCUT2D eigenvalue weighted by Crippen LogP contribution is -2.28. The number of carbonyl (C=O) groups is 1. The maximum atomic E-state index is 12.1. The van der Waals surface area contributed by atoms with Gasteiger partial charge < -0.3 is 20.3 Å². The van der Waals surface area contributed by atoms with Crippen LogP contribution in [0.3, 0.4) is 0 Å². The van der Waals surface area contributed by atoms with Gasteiger partial charge in [0.1, 0.15) is 12.4 Å². The Morgan fingerprint density at radius 2 is 1.86 bits per heavy atom. The first-order valence-corrected chi connectivity index (χ1v) is 11.5. The van der Waals surface area contributed by atoms with Gasteiger partial charge in [0.15, 0.2) is 0 Å². The fourth-order valence-corrected chi connectivity index (χ4v) is 3.51. The molecule has 0 saturated carbocycles. The van der Waals surface area contributed by atoms with Crippen molar-refractivity contribution in [1.29, 1.82) is 0 Å². The Balaban J connectivity index is 1.31. The number of hydrogen-bond donors (Lipinski definition) is 2. The van der Waals surface area contributed by atoms with E-state index in [1.165, 1.54) is 0 Å². The van der Waals surface area contributed by atoms with Crippen molar-refractivity contribution in [3.63, 3.8) is 0 Å². The molecule has 8 nitrogen and oxygen atoms in total. The van der Waals surface area contributed by atoms with Crippen LogP contribution in [0.5, 0.6) is 5.75 Å². The third kappa shape index (κ3) is 7.15. The molecular formula is C27H30N6O2. The Labute approximate surface area is 205 Å². The van der Waals surface area contributed by atoms with E-state index in [0.717, 1.165) is 41.1 Å². The van der Waals surface area contributed by atoms with Crippen LogP contribution in [0.4, 0.5) is 10.5 Å². The van der Waals surface area contributed by atoms with Gasteiger partial charge >= 0.3 is 6.03 Å². The summed E-state index contributed by atoms with van der Waals surface area (Å²) in [7, 11) is 4.11. The molecule has 35 heavy (non-hydrogen) atoms. The minimum absolute atomic E-state index is 0.275. The summed E-state index contributed by atoms with van der Waals surface area (Å²) in [6, 6.07) is 19.0. The maximum Gasteiger partial charge on any atom is 0.319 e. The Morgan fingerprint density at radius 1 is 1.03 bits per heavy atom. The average Bonchev–Trinajstić information content (AvgIpc) is 3.36. The van der Waals surface area contributed by atoms with Crippen LogP contribution in [0.25, 0.3) is 11.1 Å². The van der Waals surface area contributed by atoms with Gasteiger partial charge in [0.2, 0.25) is 0 Å². The Hall–Kier alpha value is -4.17. The van der Waals surface area contributed by atoms with Gasteiger partial charge in [-0.15, -0.1) is 0 Å². The minimum Gasteiger partial charge on any atom is -0.489 e. The standard InChI is InChI=1S/C27H30N6O2/c1-32(2)14-15-33-19-23(18-30-33)26-8-4-3-7-22(26)20-35-25-11-9-24(10-12-25)31-27(34)29-17-21-6-5-13-28-16-21/h3-13,16,18-19H,14-15,17,20H2,1-2H3,(H2,29,31,34). The van der Waals surface area contributed by atoms with Crippen molar-refractivity contribution in [2.24, 2.45) is 0 Å². The smallest absolute Gasteiger partial charge is 0.319 e. The molecule has 2 N–H and O–H groups in total. The average molecular weight is 471 g/mol. The molecule has 0 fully saturated rings. The summed E-state index contributed by atoms with van der Waals surface area (Å²) < 4.78 is 8.00. The van der Waals surface area contributed by atoms with Gasteiger partial charge in [0.25, 0.3) is 0 Å². The van der Waals surface area contributed by atoms with Gasteiger partial charge in [-0.05, 0) is 61.1 Å². The second kappa shape index (κ2) is 11.8. The van der Waals surface area contributed by atoms with Crippen molar-refractivity contribution in [2.45, 2.75) is 19.7 Å². The van der Waals surface area contributed by atoms with Crippen molar-refractivity contribution in [2.75, 3.05) is 26.0 Å². The van der Waals surface area contributed by atoms with Crippen LogP contribution < -0.4 is 15.4 Å². The van der Waals surface area contributed by atoms with Crippen molar-refractivity contribution >= 4 is 11.7 Å². The molecule has 0 bridgehead atoms. The molecule has 0 atom stereocenters. The summed E-state index contributed by atoms with van der Waals surface area (Å²) in [5, 5.41) is 10.1. The topological polar surface area (TPSA) is 84.3 Å². The predicted molar refractivity (Wildman–Crippen MR) is 137 cm³/mol. The van der Waals surface area contributed by atoms with Gasteiger partial charge in [0, 0.05) is 42.9 Å². The number of urea groups is 1. The number of carbonyl (C=O) groups excluding carboxylic acids is 1. The number of anilines is 1. The minimum atomic E-state index is -0.275. The molecule has 2 aromatic carbocycles. The SMILES string of the molecule is CN(C)CCn1cc(-c2ccccc2COc2ccc(NC(=O)NCc3cccnc3)cc2)cn1. The predicted octanol–water partition coefficient (Wildman–Crippen LogP) is 4.41. The molecular weight excluding hydrogens is 440 g/mol. The third-order valence-electron chi connectivity index (χ3n) is 5.42. The highest BCUT2D eigenvalue weighted by molar-refractivity contribution is 5.89. The molecule has 0 aliphatic heterocycles. The van der Waals surface area contributed by atoms with Crippen molar-refractivity contribution in [3.8, 4) is 16.9 Å². The van der Waals surface area contributed by atoms with E-state index >= 15 is 0 Å². The monoisotopic (exact) mass is 470 g/mol. The number of ether oxygens (including phenoxy) is 1. The second-order valence-corrected chi connectivity index (χ2v) is 8.43. The number of aromatic nitrogens is 3. The fourth-order valence-electron chi connectivity index (χ4n) is 3.51. The lowest BCUT2D eigenvalue weighted by Gasteiger charge is -2.12. The fraction of sp³-hybridized carbons (Fsp3) is 0.222. The number of likely N-dealkylation sites (N-methyl/N-ethyl adjacent to an activating group) is 1. The lowest BCUT2D eigenvalue weighted by molar-refractivity contribution is 0.251. The maximum absolute atomic E-state index is 12.1. The molecule has 8 heteroatoms. The first-order valence-electron chi connectivity index (χ1n) is 11.5. The zero-order valence-electron chi connectivity index (χ0n) is 20.0. The highest BCUT2D eigenvalue weighted by Gasteiger charge is 2.09. The Bertz CT molecular complexity index is 1220. The number of rotatable bonds is 10. The summed E-state index contributed by atoms with van der Waals surface area (Å²) >= 11 is 0. The highest BCUT2D eigenvalue weighted by Crippen LogP contribution is 2.25. The lowest BCUT2D eigenvalue weighted by atomic mass is 10.0. The molecule has 4 aromatic rings. The molecule has 2 amide bonds. The van der Waals surface area contributed by atoms with Gasteiger partial charge in [-0.3, -0.25) is 9.67 Å². The number of amides is 2. The zero-order valence-corrected chi connectivity index (χ0v) is 20.0. The summed E-state index contributed by atoms with van der Waals surface area (Å²) in [5.74, 6) is 0.725. The van der Waals surface area contributed by atoms with Gasteiger partial charge in [-0.25, -0.2) is 4.79 Å². The van der Waals surface area contributed by atoms with Crippen molar-refractivity contribution in [3.05, 3.63) is 96.6 Å². The summed E-state index contributed by atoms with van der Waals surface area (Å²) in [5.41, 5.74) is 4.88. The molecule has 0 aliphatic rings. The normalized spacial score (nSPS) is 10.8. The molecule has 0 saturated heterocycles. The first-order chi connectivity index (χ1) is 17.1. The summed E-state index contributed by atoms with van der Waals surface area (Å²) in [6.07, 6.45) is 7.39. The van der Waals surface area contributed by atoms with Gasteiger partial charge in [-0.2, -0.15) is 5.10 Å². The second-order valence-electron chi connectivity index (χ2n) is 8.43. The largest absolute Gasteiger partial charge is 0.489 e. The quantitative estimate of drug-likeness (QED) is 0.359. The zero-order chi connectivity index (χ0) is 24.5. The van der Waals surface area contributed by atoms with Gasteiger partial charge in [0.05, 0.1) is 12.7 Å². The highest BCUT2D eigenvalue weighted by atomic mass is 16.5. The molecule has 0 aliphatic carbocycles. The molecule has 180 valence electrons. The number of nitrogens with zero attached hydrogens (tertiary/aromatic N) is 4. The molecule has 0 unspecified atom stereocenters. The number of pyridine rings is 1. The number of hydrogen-bond acceptors (Lipinski definition) is 5. The Kier molecular flexibility index (Phi) is 8.08. The van der Waals surface area contributed by atoms with E-state index in [1.54, 1.807) is 12.4 Å². The van der Waals surface area contributed by atoms with Crippen LogP contribution in [0, 0.1) is 0 Å². The van der Waals surface area contributed by atoms with Crippen LogP contribution in [-0.4, -0.2) is 46.3 Å². The van der Waals surface area contributed by atoms with Crippen LogP contribution in [0.1, 0.15) is 11.1 Å². The third-order valence-corrected chi connectivity index (χ3v) is 5.42. The van der Waals surface area contributed by atoms with Crippen LogP contribution >= 0.6 is 0 Å². The molecule has 2 aromatic heterocycles. The van der Waals surface area contributed by atoms with Gasteiger partial charge in [-0.1, -0.05) is 30.3 Å². The first kappa shape index (κ1) is 24.0. The van der Waals surface area contributed by atoms with Crippen LogP contribution in [0.2, 0.25) is 0 Å². The molecule has 0 radical (unpaired) electrons. The Morgan fingerprint density at radius 3 is 2.63 bits per heavy atom. The summed E-state index contributed by atoms with van der Waals surface area (Å²) in [6.45, 7) is 2.61. The molecule has 4 rings (SSSR count). The van der Waals surface area contributed by atoms with Crippen LogP contribution in [-0.2, 0) is 19.7 Å².